The lowest BCUT2D eigenvalue weighted by Gasteiger charge is -2.32. The highest BCUT2D eigenvalue weighted by atomic mass is 16.5. The fourth-order valence-electron chi connectivity index (χ4n) is 4.82. The maximum Gasteiger partial charge on any atom is 0.123 e. The van der Waals surface area contributed by atoms with Gasteiger partial charge in [-0.3, -0.25) is 0 Å². The van der Waals surface area contributed by atoms with Gasteiger partial charge in [-0.15, -0.1) is 0 Å². The van der Waals surface area contributed by atoms with Crippen LogP contribution in [0, 0.1) is 11.8 Å². The van der Waals surface area contributed by atoms with Crippen molar-refractivity contribution >= 4 is 0 Å². The van der Waals surface area contributed by atoms with Gasteiger partial charge in [-0.25, -0.2) is 0 Å². The van der Waals surface area contributed by atoms with E-state index in [2.05, 4.69) is 47.8 Å². The summed E-state index contributed by atoms with van der Waals surface area (Å²) in [5.74, 6) is 3.35. The zero-order valence-electron chi connectivity index (χ0n) is 13.7. The second kappa shape index (κ2) is 6.37. The van der Waals surface area contributed by atoms with Crippen LogP contribution in [-0.2, 0) is 6.54 Å². The molecule has 23 heavy (non-hydrogen) atoms. The Morgan fingerprint density at radius 1 is 0.957 bits per heavy atom. The lowest BCUT2D eigenvalue weighted by atomic mass is 9.79. The molecule has 0 amide bonds. The van der Waals surface area contributed by atoms with Crippen molar-refractivity contribution in [2.75, 3.05) is 7.11 Å². The third-order valence-corrected chi connectivity index (χ3v) is 5.82. The molecule has 2 fully saturated rings. The van der Waals surface area contributed by atoms with Gasteiger partial charge in [0.2, 0.25) is 0 Å². The second-order valence-corrected chi connectivity index (χ2v) is 6.99. The largest absolute Gasteiger partial charge is 0.496 e. The first-order valence-electron chi connectivity index (χ1n) is 8.77. The van der Waals surface area contributed by atoms with Crippen LogP contribution < -0.4 is 10.1 Å². The maximum absolute atomic E-state index is 5.49. The summed E-state index contributed by atoms with van der Waals surface area (Å²) in [6.45, 7) is 0.890. The first-order chi connectivity index (χ1) is 11.4. The van der Waals surface area contributed by atoms with Crippen LogP contribution in [0.4, 0.5) is 0 Å². The van der Waals surface area contributed by atoms with Gasteiger partial charge < -0.3 is 10.1 Å². The van der Waals surface area contributed by atoms with Crippen LogP contribution in [0.5, 0.6) is 5.75 Å². The fraction of sp³-hybridized carbons (Fsp3) is 0.429. The lowest BCUT2D eigenvalue weighted by Crippen LogP contribution is -2.39. The van der Waals surface area contributed by atoms with Crippen molar-refractivity contribution in [3.05, 3.63) is 65.7 Å². The third kappa shape index (κ3) is 2.76. The minimum Gasteiger partial charge on any atom is -0.496 e. The van der Waals surface area contributed by atoms with Crippen LogP contribution >= 0.6 is 0 Å². The van der Waals surface area contributed by atoms with Gasteiger partial charge in [0.25, 0.3) is 0 Å². The number of benzene rings is 2. The molecule has 120 valence electrons. The third-order valence-electron chi connectivity index (χ3n) is 5.82. The van der Waals surface area contributed by atoms with Gasteiger partial charge in [0.1, 0.15) is 5.75 Å². The molecule has 2 aliphatic rings. The number of hydrogen-bond donors (Lipinski definition) is 1. The van der Waals surface area contributed by atoms with Crippen molar-refractivity contribution in [3.63, 3.8) is 0 Å². The molecule has 0 saturated heterocycles. The Balaban J connectivity index is 1.53. The summed E-state index contributed by atoms with van der Waals surface area (Å²) in [5.41, 5.74) is 2.77. The van der Waals surface area contributed by atoms with Gasteiger partial charge in [0, 0.05) is 24.1 Å². The van der Waals surface area contributed by atoms with E-state index in [1.54, 1.807) is 7.11 Å². The Hall–Kier alpha value is -1.80. The number of ether oxygens (including phenoxy) is 1. The molecular formula is C21H25NO. The molecule has 2 bridgehead atoms. The van der Waals surface area contributed by atoms with Gasteiger partial charge in [0.05, 0.1) is 7.11 Å². The average molecular weight is 307 g/mol. The standard InChI is InChI=1S/C21H25NO/c1-23-19-10-6-5-9-18(19)14-22-21-17-12-11-16(13-17)20(21)15-7-3-2-4-8-15/h2-10,16-17,20-22H,11-14H2,1H3. The van der Waals surface area contributed by atoms with Crippen molar-refractivity contribution in [2.24, 2.45) is 11.8 Å². The average Bonchev–Trinajstić information content (AvgIpc) is 3.22. The molecule has 2 nitrogen and oxygen atoms in total. The summed E-state index contributed by atoms with van der Waals surface area (Å²) in [7, 11) is 1.75. The highest BCUT2D eigenvalue weighted by Gasteiger charge is 2.47. The van der Waals surface area contributed by atoms with Crippen molar-refractivity contribution in [3.8, 4) is 5.75 Å². The minimum absolute atomic E-state index is 0.598. The predicted octanol–water partition coefficient (Wildman–Crippen LogP) is 4.37. The number of methoxy groups -OCH3 is 1. The maximum atomic E-state index is 5.49. The van der Waals surface area contributed by atoms with E-state index in [9.17, 15) is 0 Å². The van der Waals surface area contributed by atoms with E-state index in [4.69, 9.17) is 4.74 Å². The smallest absolute Gasteiger partial charge is 0.123 e. The Kier molecular flexibility index (Phi) is 4.09. The zero-order chi connectivity index (χ0) is 15.6. The van der Waals surface area contributed by atoms with E-state index in [-0.39, 0.29) is 0 Å². The molecule has 2 aromatic carbocycles. The van der Waals surface area contributed by atoms with Crippen molar-refractivity contribution in [1.82, 2.24) is 5.32 Å². The van der Waals surface area contributed by atoms with E-state index < -0.39 is 0 Å². The van der Waals surface area contributed by atoms with Crippen LogP contribution in [0.1, 0.15) is 36.3 Å². The van der Waals surface area contributed by atoms with Crippen LogP contribution in [0.2, 0.25) is 0 Å². The minimum atomic E-state index is 0.598. The molecule has 2 aliphatic carbocycles. The Morgan fingerprint density at radius 2 is 1.70 bits per heavy atom. The van der Waals surface area contributed by atoms with Crippen LogP contribution in [-0.4, -0.2) is 13.2 Å². The predicted molar refractivity (Wildman–Crippen MR) is 93.6 cm³/mol. The van der Waals surface area contributed by atoms with E-state index >= 15 is 0 Å². The highest BCUT2D eigenvalue weighted by molar-refractivity contribution is 5.33. The fourth-order valence-corrected chi connectivity index (χ4v) is 4.82. The number of hydrogen-bond acceptors (Lipinski definition) is 2. The molecule has 2 heteroatoms. The quantitative estimate of drug-likeness (QED) is 0.886. The summed E-state index contributed by atoms with van der Waals surface area (Å²) in [4.78, 5) is 0. The summed E-state index contributed by atoms with van der Waals surface area (Å²) < 4.78 is 5.49. The van der Waals surface area contributed by atoms with Gasteiger partial charge in [-0.2, -0.15) is 0 Å². The molecule has 2 aromatic rings. The number of fused-ring (bicyclic) bond motifs is 2. The van der Waals surface area contributed by atoms with E-state index in [1.807, 2.05) is 12.1 Å². The SMILES string of the molecule is COc1ccccc1CNC1C2CCC(C2)C1c1ccccc1. The van der Waals surface area contributed by atoms with E-state index in [1.165, 1.54) is 30.4 Å². The van der Waals surface area contributed by atoms with Gasteiger partial charge >= 0.3 is 0 Å². The first-order valence-corrected chi connectivity index (χ1v) is 8.77. The summed E-state index contributed by atoms with van der Waals surface area (Å²) in [6.07, 6.45) is 4.18. The summed E-state index contributed by atoms with van der Waals surface area (Å²) >= 11 is 0. The van der Waals surface area contributed by atoms with Crippen LogP contribution in [0.15, 0.2) is 54.6 Å². The molecular weight excluding hydrogens is 282 g/mol. The van der Waals surface area contributed by atoms with E-state index in [0.717, 1.165) is 24.1 Å². The topological polar surface area (TPSA) is 21.3 Å². The molecule has 0 spiro atoms. The summed E-state index contributed by atoms with van der Waals surface area (Å²) in [5, 5.41) is 3.87. The molecule has 0 aromatic heterocycles. The number of rotatable bonds is 5. The molecule has 0 aliphatic heterocycles. The van der Waals surface area contributed by atoms with E-state index in [0.29, 0.717) is 12.0 Å². The Morgan fingerprint density at radius 3 is 2.52 bits per heavy atom. The van der Waals surface area contributed by atoms with Crippen LogP contribution in [0.25, 0.3) is 0 Å². The second-order valence-electron chi connectivity index (χ2n) is 6.99. The van der Waals surface area contributed by atoms with Gasteiger partial charge in [-0.1, -0.05) is 48.5 Å². The number of nitrogens with one attached hydrogen (secondary N) is 1. The number of para-hydroxylation sites is 1. The van der Waals surface area contributed by atoms with Crippen molar-refractivity contribution in [1.29, 1.82) is 0 Å². The molecule has 4 unspecified atom stereocenters. The lowest BCUT2D eigenvalue weighted by molar-refractivity contribution is 0.307. The molecule has 4 atom stereocenters. The van der Waals surface area contributed by atoms with Crippen LogP contribution in [0.3, 0.4) is 0 Å². The molecule has 0 radical (unpaired) electrons. The molecule has 2 saturated carbocycles. The van der Waals surface area contributed by atoms with Crippen molar-refractivity contribution < 1.29 is 4.74 Å². The summed E-state index contributed by atoms with van der Waals surface area (Å²) in [6, 6.07) is 20.0. The zero-order valence-corrected chi connectivity index (χ0v) is 13.7. The highest BCUT2D eigenvalue weighted by Crippen LogP contribution is 2.53. The van der Waals surface area contributed by atoms with Gasteiger partial charge in [0.15, 0.2) is 0 Å². The Bertz CT molecular complexity index is 654. The van der Waals surface area contributed by atoms with Gasteiger partial charge in [-0.05, 0) is 42.7 Å². The molecule has 4 rings (SSSR count). The normalized spacial score (nSPS) is 28.9. The first kappa shape index (κ1) is 14.8. The molecule has 1 N–H and O–H groups in total. The van der Waals surface area contributed by atoms with Crippen molar-refractivity contribution in [2.45, 2.75) is 37.8 Å². The Labute approximate surface area is 138 Å². The molecule has 0 heterocycles. The monoisotopic (exact) mass is 307 g/mol.